The lowest BCUT2D eigenvalue weighted by Gasteiger charge is -2.26. The van der Waals surface area contributed by atoms with E-state index in [1.165, 1.54) is 18.9 Å². The second-order valence-corrected chi connectivity index (χ2v) is 9.16. The van der Waals surface area contributed by atoms with Gasteiger partial charge < -0.3 is 9.64 Å². The Kier molecular flexibility index (Phi) is 6.75. The first-order chi connectivity index (χ1) is 12.6. The van der Waals surface area contributed by atoms with Gasteiger partial charge in [0.1, 0.15) is 0 Å². The van der Waals surface area contributed by atoms with Gasteiger partial charge in [-0.2, -0.15) is 0 Å². The average Bonchev–Trinajstić information content (AvgIpc) is 2.98. The molecule has 0 aromatic heterocycles. The summed E-state index contributed by atoms with van der Waals surface area (Å²) in [6, 6.07) is 6.67. The Morgan fingerprint density at radius 2 is 1.81 bits per heavy atom. The number of ether oxygens (including phenoxy) is 1. The molecule has 0 unspecified atom stereocenters. The minimum Gasteiger partial charge on any atom is -0.453 e. The van der Waals surface area contributed by atoms with Crippen LogP contribution >= 0.6 is 0 Å². The van der Waals surface area contributed by atoms with Crippen LogP contribution in [-0.4, -0.2) is 61.7 Å². The summed E-state index contributed by atoms with van der Waals surface area (Å²) >= 11 is 0. The highest BCUT2D eigenvalue weighted by Crippen LogP contribution is 2.18. The zero-order valence-corrected chi connectivity index (χ0v) is 16.6. The third kappa shape index (κ3) is 5.89. The number of rotatable bonds is 7. The van der Waals surface area contributed by atoms with E-state index in [0.717, 1.165) is 5.56 Å². The summed E-state index contributed by atoms with van der Waals surface area (Å²) in [6.45, 7) is 3.37. The molecule has 1 fully saturated rings. The summed E-state index contributed by atoms with van der Waals surface area (Å²) in [4.78, 5) is 37.7. The number of amides is 1. The Balaban J connectivity index is 1.81. The Hall–Kier alpha value is -2.22. The van der Waals surface area contributed by atoms with Crippen LogP contribution in [0.3, 0.4) is 0 Å². The molecule has 0 aliphatic carbocycles. The topological polar surface area (TPSA) is 97.8 Å². The molecule has 1 aliphatic rings. The van der Waals surface area contributed by atoms with Crippen molar-refractivity contribution < 1.29 is 27.5 Å². The van der Waals surface area contributed by atoms with Crippen LogP contribution in [0.5, 0.6) is 0 Å². The van der Waals surface area contributed by atoms with Crippen LogP contribution in [0.15, 0.2) is 24.3 Å². The number of benzene rings is 1. The smallest absolute Gasteiger partial charge is 0.307 e. The standard InChI is InChI=1S/C19H25NO6S/c1-13-4-6-15(7-5-13)17(21)8-9-18(22)26-14(2)19(23)20(3)16-10-11-27(24,25)12-16/h4-7,14,16H,8-12H2,1-3H3/t14-,16+/m0/s1. The molecule has 1 aromatic rings. The Labute approximate surface area is 159 Å². The summed E-state index contributed by atoms with van der Waals surface area (Å²) in [6.07, 6.45) is -0.762. The van der Waals surface area contributed by atoms with Crippen molar-refractivity contribution in [1.82, 2.24) is 4.90 Å². The SMILES string of the molecule is Cc1ccc(C(=O)CCC(=O)O[C@@H](C)C(=O)N(C)[C@@H]2CCS(=O)(=O)C2)cc1. The Bertz CT molecular complexity index is 815. The summed E-state index contributed by atoms with van der Waals surface area (Å²) < 4.78 is 28.2. The first-order valence-corrected chi connectivity index (χ1v) is 10.7. The number of hydrogen-bond donors (Lipinski definition) is 0. The van der Waals surface area contributed by atoms with Gasteiger partial charge >= 0.3 is 5.97 Å². The maximum atomic E-state index is 12.4. The van der Waals surface area contributed by atoms with Crippen LogP contribution in [-0.2, 0) is 24.2 Å². The number of sulfone groups is 1. The van der Waals surface area contributed by atoms with E-state index in [9.17, 15) is 22.8 Å². The molecule has 2 rings (SSSR count). The molecule has 27 heavy (non-hydrogen) atoms. The fourth-order valence-corrected chi connectivity index (χ4v) is 4.73. The zero-order valence-electron chi connectivity index (χ0n) is 15.8. The van der Waals surface area contributed by atoms with Crippen LogP contribution in [0, 0.1) is 6.92 Å². The zero-order chi connectivity index (χ0) is 20.2. The minimum absolute atomic E-state index is 0.000483. The number of carbonyl (C=O) groups excluding carboxylic acids is 3. The van der Waals surface area contributed by atoms with Gasteiger partial charge in [0, 0.05) is 25.1 Å². The van der Waals surface area contributed by atoms with Crippen molar-refractivity contribution in [2.45, 2.75) is 45.3 Å². The van der Waals surface area contributed by atoms with Crippen LogP contribution in [0.2, 0.25) is 0 Å². The molecule has 8 heteroatoms. The lowest BCUT2D eigenvalue weighted by Crippen LogP contribution is -2.44. The monoisotopic (exact) mass is 395 g/mol. The number of likely N-dealkylation sites (N-methyl/N-ethyl adjacent to an activating group) is 1. The van der Waals surface area contributed by atoms with Gasteiger partial charge in [-0.05, 0) is 20.3 Å². The molecule has 1 amide bonds. The summed E-state index contributed by atoms with van der Waals surface area (Å²) in [7, 11) is -1.60. The molecule has 0 N–H and O–H groups in total. The van der Waals surface area contributed by atoms with Crippen LogP contribution in [0.25, 0.3) is 0 Å². The van der Waals surface area contributed by atoms with Crippen molar-refractivity contribution in [1.29, 1.82) is 0 Å². The highest BCUT2D eigenvalue weighted by molar-refractivity contribution is 7.91. The minimum atomic E-state index is -3.11. The molecule has 1 aliphatic heterocycles. The summed E-state index contributed by atoms with van der Waals surface area (Å²) in [5.41, 5.74) is 1.57. The first-order valence-electron chi connectivity index (χ1n) is 8.85. The van der Waals surface area contributed by atoms with Gasteiger partial charge in [0.2, 0.25) is 0 Å². The molecule has 1 saturated heterocycles. The number of Topliss-reactive ketones (excluding diaryl/α,β-unsaturated/α-hetero) is 1. The number of esters is 1. The van der Waals surface area contributed by atoms with E-state index < -0.39 is 33.9 Å². The van der Waals surface area contributed by atoms with E-state index in [2.05, 4.69) is 0 Å². The third-order valence-corrected chi connectivity index (χ3v) is 6.44. The number of carbonyl (C=O) groups is 3. The Morgan fingerprint density at radius 1 is 1.19 bits per heavy atom. The molecule has 0 bridgehead atoms. The van der Waals surface area contributed by atoms with E-state index in [1.54, 1.807) is 12.1 Å². The van der Waals surface area contributed by atoms with Gasteiger partial charge in [-0.25, -0.2) is 8.42 Å². The highest BCUT2D eigenvalue weighted by Gasteiger charge is 2.34. The van der Waals surface area contributed by atoms with E-state index in [1.807, 2.05) is 19.1 Å². The molecule has 1 aromatic carbocycles. The number of aryl methyl sites for hydroxylation is 1. The van der Waals surface area contributed by atoms with Crippen molar-refractivity contribution >= 4 is 27.5 Å². The molecule has 7 nitrogen and oxygen atoms in total. The quantitative estimate of drug-likeness (QED) is 0.513. The van der Waals surface area contributed by atoms with Crippen molar-refractivity contribution in [3.05, 3.63) is 35.4 Å². The first kappa shape index (κ1) is 21.1. The van der Waals surface area contributed by atoms with Crippen molar-refractivity contribution in [3.8, 4) is 0 Å². The second-order valence-electron chi connectivity index (χ2n) is 6.93. The summed E-state index contributed by atoms with van der Waals surface area (Å²) in [5, 5.41) is 0. The fourth-order valence-electron chi connectivity index (χ4n) is 2.95. The normalized spacial score (nSPS) is 19.3. The van der Waals surface area contributed by atoms with E-state index in [-0.39, 0.29) is 30.1 Å². The molecular formula is C19H25NO6S. The van der Waals surface area contributed by atoms with Crippen LogP contribution in [0.4, 0.5) is 0 Å². The number of ketones is 1. The van der Waals surface area contributed by atoms with Gasteiger partial charge in [0.25, 0.3) is 5.91 Å². The largest absolute Gasteiger partial charge is 0.453 e. The van der Waals surface area contributed by atoms with Crippen molar-refractivity contribution in [2.75, 3.05) is 18.6 Å². The second kappa shape index (κ2) is 8.65. The van der Waals surface area contributed by atoms with Gasteiger partial charge in [0.15, 0.2) is 21.7 Å². The molecule has 148 valence electrons. The van der Waals surface area contributed by atoms with Gasteiger partial charge in [-0.3, -0.25) is 14.4 Å². The van der Waals surface area contributed by atoms with Gasteiger partial charge in [0.05, 0.1) is 17.9 Å². The molecule has 1 heterocycles. The molecule has 2 atom stereocenters. The third-order valence-electron chi connectivity index (χ3n) is 4.69. The van der Waals surface area contributed by atoms with Gasteiger partial charge in [-0.1, -0.05) is 29.8 Å². The molecule has 0 saturated carbocycles. The average molecular weight is 395 g/mol. The maximum Gasteiger partial charge on any atom is 0.307 e. The molecule has 0 radical (unpaired) electrons. The predicted molar refractivity (Wildman–Crippen MR) is 100 cm³/mol. The molecular weight excluding hydrogens is 370 g/mol. The van der Waals surface area contributed by atoms with E-state index >= 15 is 0 Å². The predicted octanol–water partition coefficient (Wildman–Crippen LogP) is 1.54. The number of nitrogens with zero attached hydrogens (tertiary/aromatic N) is 1. The van der Waals surface area contributed by atoms with Crippen LogP contribution in [0.1, 0.15) is 42.1 Å². The molecule has 0 spiro atoms. The summed E-state index contributed by atoms with van der Waals surface area (Å²) in [5.74, 6) is -1.26. The highest BCUT2D eigenvalue weighted by atomic mass is 32.2. The van der Waals surface area contributed by atoms with E-state index in [0.29, 0.717) is 12.0 Å². The van der Waals surface area contributed by atoms with Gasteiger partial charge in [-0.15, -0.1) is 0 Å². The number of hydrogen-bond acceptors (Lipinski definition) is 6. The van der Waals surface area contributed by atoms with E-state index in [4.69, 9.17) is 4.74 Å². The van der Waals surface area contributed by atoms with Crippen LogP contribution < -0.4 is 0 Å². The van der Waals surface area contributed by atoms with Crippen molar-refractivity contribution in [2.24, 2.45) is 0 Å². The lowest BCUT2D eigenvalue weighted by molar-refractivity contribution is -0.159. The lowest BCUT2D eigenvalue weighted by atomic mass is 10.1. The maximum absolute atomic E-state index is 12.4. The van der Waals surface area contributed by atoms with Crippen molar-refractivity contribution in [3.63, 3.8) is 0 Å². The fraction of sp³-hybridized carbons (Fsp3) is 0.526. The Morgan fingerprint density at radius 3 is 2.37 bits per heavy atom.